The maximum Gasteiger partial charge on any atom is 0.251 e. The molecule has 138 valence electrons. The van der Waals surface area contributed by atoms with Crippen LogP contribution in [0.4, 0.5) is 11.4 Å². The van der Waals surface area contributed by atoms with E-state index in [4.69, 9.17) is 0 Å². The van der Waals surface area contributed by atoms with Crippen LogP contribution >= 0.6 is 0 Å². The Morgan fingerprint density at radius 2 is 1.08 bits per heavy atom. The molecule has 0 atom stereocenters. The third-order valence-corrected chi connectivity index (χ3v) is 4.88. The summed E-state index contributed by atoms with van der Waals surface area (Å²) in [6.45, 7) is 0. The highest BCUT2D eigenvalue weighted by Crippen LogP contribution is 2.13. The SMILES string of the molecule is O=C(CCS(=O)CCC(=O)N(O)c1ccccc1)N(O)c1ccccc1. The zero-order chi connectivity index (χ0) is 18.9. The maximum atomic E-state index is 12.0. The largest absolute Gasteiger partial charge is 0.281 e. The molecule has 0 radical (unpaired) electrons. The van der Waals surface area contributed by atoms with E-state index in [0.717, 1.165) is 0 Å². The summed E-state index contributed by atoms with van der Waals surface area (Å²) in [5.41, 5.74) is 0.662. The lowest BCUT2D eigenvalue weighted by Crippen LogP contribution is -2.29. The van der Waals surface area contributed by atoms with Crippen molar-refractivity contribution in [2.45, 2.75) is 12.8 Å². The second-order valence-electron chi connectivity index (χ2n) is 5.43. The van der Waals surface area contributed by atoms with Crippen molar-refractivity contribution in [2.24, 2.45) is 0 Å². The van der Waals surface area contributed by atoms with Crippen LogP contribution < -0.4 is 10.1 Å². The van der Waals surface area contributed by atoms with Crippen molar-refractivity contribution in [1.29, 1.82) is 0 Å². The van der Waals surface area contributed by atoms with Crippen LogP contribution in [0.1, 0.15) is 12.8 Å². The Kier molecular flexibility index (Phi) is 7.46. The van der Waals surface area contributed by atoms with Gasteiger partial charge in [0.05, 0.1) is 11.4 Å². The summed E-state index contributed by atoms with van der Waals surface area (Å²) < 4.78 is 12.0. The Morgan fingerprint density at radius 3 is 1.42 bits per heavy atom. The quantitative estimate of drug-likeness (QED) is 0.544. The number of para-hydroxylation sites is 2. The highest BCUT2D eigenvalue weighted by Gasteiger charge is 2.17. The molecule has 0 spiro atoms. The summed E-state index contributed by atoms with van der Waals surface area (Å²) in [4.78, 5) is 23.8. The highest BCUT2D eigenvalue weighted by molar-refractivity contribution is 7.85. The van der Waals surface area contributed by atoms with Gasteiger partial charge in [0.1, 0.15) is 0 Å². The van der Waals surface area contributed by atoms with Gasteiger partial charge in [-0.2, -0.15) is 10.1 Å². The van der Waals surface area contributed by atoms with E-state index in [1.165, 1.54) is 0 Å². The second kappa shape index (κ2) is 9.81. The number of amides is 2. The molecule has 0 aliphatic carbocycles. The number of carbonyl (C=O) groups is 2. The van der Waals surface area contributed by atoms with E-state index in [1.54, 1.807) is 60.7 Å². The van der Waals surface area contributed by atoms with Crippen molar-refractivity contribution in [3.8, 4) is 0 Å². The first kappa shape index (κ1) is 19.8. The molecule has 0 heterocycles. The van der Waals surface area contributed by atoms with Gasteiger partial charge in [0.2, 0.25) is 0 Å². The Morgan fingerprint density at radius 1 is 0.731 bits per heavy atom. The average Bonchev–Trinajstić information content (AvgIpc) is 2.70. The van der Waals surface area contributed by atoms with E-state index in [9.17, 15) is 24.2 Å². The molecule has 0 aliphatic rings. The zero-order valence-corrected chi connectivity index (χ0v) is 14.8. The van der Waals surface area contributed by atoms with Crippen molar-refractivity contribution in [2.75, 3.05) is 21.6 Å². The van der Waals surface area contributed by atoms with Gasteiger partial charge in [0, 0.05) is 35.1 Å². The number of carbonyl (C=O) groups excluding carboxylic acids is 2. The fourth-order valence-corrected chi connectivity index (χ4v) is 3.15. The van der Waals surface area contributed by atoms with Gasteiger partial charge in [-0.3, -0.25) is 24.2 Å². The molecule has 0 fully saturated rings. The number of nitrogens with zero attached hydrogens (tertiary/aromatic N) is 2. The van der Waals surface area contributed by atoms with Gasteiger partial charge in [-0.25, -0.2) is 0 Å². The van der Waals surface area contributed by atoms with Crippen LogP contribution in [0.5, 0.6) is 0 Å². The third-order valence-electron chi connectivity index (χ3n) is 3.56. The fourth-order valence-electron chi connectivity index (χ4n) is 2.14. The van der Waals surface area contributed by atoms with Crippen LogP contribution in [-0.4, -0.2) is 37.9 Å². The number of rotatable bonds is 8. The standard InChI is InChI=1S/C18H20N2O5S/c21-17(19(23)15-7-3-1-4-8-15)11-13-26(25)14-12-18(22)20(24)16-9-5-2-6-10-16/h1-10,23-24H,11-14H2. The number of anilines is 2. The minimum Gasteiger partial charge on any atom is -0.281 e. The molecule has 2 N–H and O–H groups in total. The molecule has 0 unspecified atom stereocenters. The molecule has 0 aromatic heterocycles. The fraction of sp³-hybridized carbons (Fsp3) is 0.222. The Balaban J connectivity index is 1.75. The molecule has 2 aromatic rings. The van der Waals surface area contributed by atoms with E-state index in [1.807, 2.05) is 0 Å². The predicted molar refractivity (Wildman–Crippen MR) is 98.5 cm³/mol. The van der Waals surface area contributed by atoms with Crippen LogP contribution in [-0.2, 0) is 20.4 Å². The molecule has 0 saturated carbocycles. The van der Waals surface area contributed by atoms with Gasteiger partial charge in [0.25, 0.3) is 11.8 Å². The van der Waals surface area contributed by atoms with E-state index in [2.05, 4.69) is 0 Å². The van der Waals surface area contributed by atoms with Crippen LogP contribution in [0.15, 0.2) is 60.7 Å². The lowest BCUT2D eigenvalue weighted by Gasteiger charge is -2.15. The molecule has 26 heavy (non-hydrogen) atoms. The van der Waals surface area contributed by atoms with Gasteiger partial charge in [-0.15, -0.1) is 0 Å². The first-order valence-electron chi connectivity index (χ1n) is 7.98. The van der Waals surface area contributed by atoms with Gasteiger partial charge in [0.15, 0.2) is 0 Å². The first-order valence-corrected chi connectivity index (χ1v) is 9.46. The number of hydroxylamine groups is 2. The first-order chi connectivity index (χ1) is 12.5. The lowest BCUT2D eigenvalue weighted by atomic mass is 10.3. The van der Waals surface area contributed by atoms with Gasteiger partial charge in [-0.05, 0) is 24.3 Å². The van der Waals surface area contributed by atoms with E-state index in [0.29, 0.717) is 21.5 Å². The van der Waals surface area contributed by atoms with Crippen LogP contribution in [0.2, 0.25) is 0 Å². The number of benzene rings is 2. The predicted octanol–water partition coefficient (Wildman–Crippen LogP) is 2.36. The molecule has 2 aromatic carbocycles. The molecule has 2 amide bonds. The molecule has 8 heteroatoms. The van der Waals surface area contributed by atoms with Crippen LogP contribution in [0.3, 0.4) is 0 Å². The zero-order valence-electron chi connectivity index (χ0n) is 14.0. The monoisotopic (exact) mass is 376 g/mol. The minimum absolute atomic E-state index is 0.0206. The lowest BCUT2D eigenvalue weighted by molar-refractivity contribution is -0.123. The molecule has 0 aliphatic heterocycles. The van der Waals surface area contributed by atoms with E-state index >= 15 is 0 Å². The molecule has 0 saturated heterocycles. The average molecular weight is 376 g/mol. The van der Waals surface area contributed by atoms with Crippen molar-refractivity contribution < 1.29 is 24.2 Å². The maximum absolute atomic E-state index is 12.0. The summed E-state index contributed by atoms with van der Waals surface area (Å²) in [6.07, 6.45) is -0.235. The van der Waals surface area contributed by atoms with Crippen LogP contribution in [0.25, 0.3) is 0 Å². The summed E-state index contributed by atoms with van der Waals surface area (Å²) in [5, 5.41) is 20.7. The Hall–Kier alpha value is -2.55. The molecular formula is C18H20N2O5S. The number of hydrogen-bond donors (Lipinski definition) is 2. The highest BCUT2D eigenvalue weighted by atomic mass is 32.2. The van der Waals surface area contributed by atoms with Crippen molar-refractivity contribution in [1.82, 2.24) is 0 Å². The second-order valence-corrected chi connectivity index (χ2v) is 7.13. The normalized spacial score (nSPS) is 10.6. The van der Waals surface area contributed by atoms with Crippen molar-refractivity contribution in [3.05, 3.63) is 60.7 Å². The summed E-state index contributed by atoms with van der Waals surface area (Å²) in [6, 6.07) is 16.6. The third kappa shape index (κ3) is 5.76. The van der Waals surface area contributed by atoms with Gasteiger partial charge < -0.3 is 0 Å². The molecule has 2 rings (SSSR count). The van der Waals surface area contributed by atoms with Crippen molar-refractivity contribution >= 4 is 34.0 Å². The van der Waals surface area contributed by atoms with E-state index < -0.39 is 22.6 Å². The topological polar surface area (TPSA) is 98.2 Å². The molecule has 0 bridgehead atoms. The van der Waals surface area contributed by atoms with Gasteiger partial charge >= 0.3 is 0 Å². The summed E-state index contributed by atoms with van der Waals surface area (Å²) in [7, 11) is -1.42. The molecular weight excluding hydrogens is 356 g/mol. The Bertz CT molecular complexity index is 691. The minimum atomic E-state index is -1.42. The van der Waals surface area contributed by atoms with E-state index in [-0.39, 0.29) is 24.3 Å². The smallest absolute Gasteiger partial charge is 0.251 e. The number of hydrogen-bond acceptors (Lipinski definition) is 5. The molecule has 7 nitrogen and oxygen atoms in total. The summed E-state index contributed by atoms with van der Waals surface area (Å²) >= 11 is 0. The summed E-state index contributed by atoms with van der Waals surface area (Å²) in [5.74, 6) is -1.12. The van der Waals surface area contributed by atoms with Gasteiger partial charge in [-0.1, -0.05) is 36.4 Å². The van der Waals surface area contributed by atoms with Crippen LogP contribution in [0, 0.1) is 0 Å². The van der Waals surface area contributed by atoms with Crippen molar-refractivity contribution in [3.63, 3.8) is 0 Å². The Labute approximate surface area is 153 Å².